The number of nitrogens with one attached hydrogen (secondary N) is 1. The van der Waals surface area contributed by atoms with Gasteiger partial charge in [0, 0.05) is 32.7 Å². The summed E-state index contributed by atoms with van der Waals surface area (Å²) in [6.07, 6.45) is 0. The number of carbonyl (C=O) groups excluding carboxylic acids is 2. The summed E-state index contributed by atoms with van der Waals surface area (Å²) in [5.41, 5.74) is 1.64. The minimum absolute atomic E-state index is 0.235. The van der Waals surface area contributed by atoms with Crippen molar-refractivity contribution >= 4 is 23.4 Å². The van der Waals surface area contributed by atoms with Gasteiger partial charge in [-0.1, -0.05) is 84.4 Å². The SMILES string of the molecule is O=C(NCCN1CCOCC1)C(c1ccccc1)N(Cc1ccccc1)C(=O)COc1ccccc1Cl. The number of carbonyl (C=O) groups is 2. The summed E-state index contributed by atoms with van der Waals surface area (Å²) in [6, 6.07) is 25.2. The lowest BCUT2D eigenvalue weighted by molar-refractivity contribution is -0.143. The van der Waals surface area contributed by atoms with Crippen molar-refractivity contribution in [1.29, 1.82) is 0 Å². The summed E-state index contributed by atoms with van der Waals surface area (Å²) in [4.78, 5) is 31.1. The summed E-state index contributed by atoms with van der Waals surface area (Å²) in [5.74, 6) is -0.133. The van der Waals surface area contributed by atoms with Gasteiger partial charge in [0.2, 0.25) is 5.91 Å². The second-order valence-electron chi connectivity index (χ2n) is 8.78. The number of nitrogens with zero attached hydrogens (tertiary/aromatic N) is 2. The molecule has 1 aliphatic heterocycles. The van der Waals surface area contributed by atoms with Gasteiger partial charge in [0.15, 0.2) is 6.61 Å². The number of amides is 2. The number of rotatable bonds is 11. The molecular formula is C29H32ClN3O4. The third-order valence-corrected chi connectivity index (χ3v) is 6.52. The molecule has 0 saturated carbocycles. The molecule has 194 valence electrons. The first kappa shape index (κ1) is 26.7. The van der Waals surface area contributed by atoms with E-state index in [4.69, 9.17) is 21.1 Å². The van der Waals surface area contributed by atoms with Gasteiger partial charge in [-0.25, -0.2) is 0 Å². The molecule has 7 nitrogen and oxygen atoms in total. The molecule has 1 fully saturated rings. The maximum Gasteiger partial charge on any atom is 0.261 e. The molecule has 37 heavy (non-hydrogen) atoms. The van der Waals surface area contributed by atoms with E-state index < -0.39 is 6.04 Å². The van der Waals surface area contributed by atoms with Gasteiger partial charge in [-0.15, -0.1) is 0 Å². The Kier molecular flexibility index (Phi) is 9.94. The van der Waals surface area contributed by atoms with E-state index in [1.165, 1.54) is 0 Å². The highest BCUT2D eigenvalue weighted by atomic mass is 35.5. The zero-order valence-corrected chi connectivity index (χ0v) is 21.5. The minimum Gasteiger partial charge on any atom is -0.482 e. The molecule has 8 heteroatoms. The van der Waals surface area contributed by atoms with Crippen LogP contribution in [0.2, 0.25) is 5.02 Å². The van der Waals surface area contributed by atoms with E-state index >= 15 is 0 Å². The van der Waals surface area contributed by atoms with Crippen molar-refractivity contribution in [2.45, 2.75) is 12.6 Å². The molecule has 0 aliphatic carbocycles. The van der Waals surface area contributed by atoms with Gasteiger partial charge in [0.05, 0.1) is 18.2 Å². The van der Waals surface area contributed by atoms with Crippen LogP contribution in [0.15, 0.2) is 84.9 Å². The Morgan fingerprint density at radius 1 is 0.946 bits per heavy atom. The minimum atomic E-state index is -0.826. The summed E-state index contributed by atoms with van der Waals surface area (Å²) in [7, 11) is 0. The molecule has 1 N–H and O–H groups in total. The van der Waals surface area contributed by atoms with Crippen LogP contribution in [0.3, 0.4) is 0 Å². The average Bonchev–Trinajstić information content (AvgIpc) is 2.94. The van der Waals surface area contributed by atoms with E-state index in [0.717, 1.165) is 30.8 Å². The number of hydrogen-bond acceptors (Lipinski definition) is 5. The van der Waals surface area contributed by atoms with Crippen LogP contribution in [0.4, 0.5) is 0 Å². The van der Waals surface area contributed by atoms with Crippen LogP contribution in [0, 0.1) is 0 Å². The Labute approximate surface area is 222 Å². The Morgan fingerprint density at radius 3 is 2.30 bits per heavy atom. The lowest BCUT2D eigenvalue weighted by Crippen LogP contribution is -2.47. The number of benzene rings is 3. The van der Waals surface area contributed by atoms with Crippen molar-refractivity contribution in [2.75, 3.05) is 46.0 Å². The molecule has 1 heterocycles. The van der Waals surface area contributed by atoms with Gasteiger partial charge in [0.25, 0.3) is 5.91 Å². The van der Waals surface area contributed by atoms with Gasteiger partial charge in [0.1, 0.15) is 11.8 Å². The molecule has 4 rings (SSSR count). The first-order chi connectivity index (χ1) is 18.1. The predicted octanol–water partition coefficient (Wildman–Crippen LogP) is 3.94. The molecule has 3 aromatic carbocycles. The summed E-state index contributed by atoms with van der Waals surface area (Å²) >= 11 is 6.22. The fourth-order valence-electron chi connectivity index (χ4n) is 4.25. The number of para-hydroxylation sites is 1. The van der Waals surface area contributed by atoms with Crippen molar-refractivity contribution in [3.63, 3.8) is 0 Å². The second-order valence-corrected chi connectivity index (χ2v) is 9.19. The molecule has 1 aliphatic rings. The normalized spacial score (nSPS) is 14.5. The first-order valence-corrected chi connectivity index (χ1v) is 12.8. The molecule has 1 atom stereocenters. The van der Waals surface area contributed by atoms with Gasteiger partial charge >= 0.3 is 0 Å². The van der Waals surface area contributed by atoms with Crippen molar-refractivity contribution in [1.82, 2.24) is 15.1 Å². The van der Waals surface area contributed by atoms with E-state index in [0.29, 0.717) is 30.5 Å². The maximum absolute atomic E-state index is 13.6. The molecule has 0 radical (unpaired) electrons. The number of hydrogen-bond donors (Lipinski definition) is 1. The summed E-state index contributed by atoms with van der Waals surface area (Å²) in [6.45, 7) is 4.29. The van der Waals surface area contributed by atoms with Crippen LogP contribution >= 0.6 is 11.6 Å². The van der Waals surface area contributed by atoms with Crippen LogP contribution in [-0.4, -0.2) is 67.6 Å². The smallest absolute Gasteiger partial charge is 0.261 e. The summed E-state index contributed by atoms with van der Waals surface area (Å²) in [5, 5.41) is 3.48. The van der Waals surface area contributed by atoms with Gasteiger partial charge in [-0.05, 0) is 23.3 Å². The third-order valence-electron chi connectivity index (χ3n) is 6.21. The average molecular weight is 522 g/mol. The quantitative estimate of drug-likeness (QED) is 0.414. The fraction of sp³-hybridized carbons (Fsp3) is 0.310. The van der Waals surface area contributed by atoms with Crippen molar-refractivity contribution in [3.05, 3.63) is 101 Å². The molecule has 0 aromatic heterocycles. The van der Waals surface area contributed by atoms with E-state index in [1.54, 1.807) is 29.2 Å². The fourth-order valence-corrected chi connectivity index (χ4v) is 4.44. The zero-order valence-electron chi connectivity index (χ0n) is 20.7. The lowest BCUT2D eigenvalue weighted by Gasteiger charge is -2.32. The van der Waals surface area contributed by atoms with E-state index in [-0.39, 0.29) is 25.0 Å². The Morgan fingerprint density at radius 2 is 1.59 bits per heavy atom. The Bertz CT molecular complexity index is 1140. The van der Waals surface area contributed by atoms with Crippen LogP contribution in [0.5, 0.6) is 5.75 Å². The van der Waals surface area contributed by atoms with Crippen LogP contribution in [-0.2, 0) is 20.9 Å². The Hall–Kier alpha value is -3.39. The molecule has 1 saturated heterocycles. The molecular weight excluding hydrogens is 490 g/mol. The van der Waals surface area contributed by atoms with Gasteiger partial charge < -0.3 is 19.7 Å². The van der Waals surface area contributed by atoms with Crippen LogP contribution < -0.4 is 10.1 Å². The number of morpholine rings is 1. The highest BCUT2D eigenvalue weighted by Crippen LogP contribution is 2.26. The molecule has 0 bridgehead atoms. The molecule has 1 unspecified atom stereocenters. The third kappa shape index (κ3) is 7.79. The van der Waals surface area contributed by atoms with Crippen molar-refractivity contribution in [2.24, 2.45) is 0 Å². The predicted molar refractivity (Wildman–Crippen MR) is 143 cm³/mol. The summed E-state index contributed by atoms with van der Waals surface area (Å²) < 4.78 is 11.2. The van der Waals surface area contributed by atoms with E-state index in [2.05, 4.69) is 10.2 Å². The number of ether oxygens (including phenoxy) is 2. The zero-order chi connectivity index (χ0) is 25.9. The first-order valence-electron chi connectivity index (χ1n) is 12.5. The highest BCUT2D eigenvalue weighted by molar-refractivity contribution is 6.32. The van der Waals surface area contributed by atoms with Gasteiger partial charge in [-0.3, -0.25) is 14.5 Å². The monoisotopic (exact) mass is 521 g/mol. The van der Waals surface area contributed by atoms with Crippen LogP contribution in [0.25, 0.3) is 0 Å². The Balaban J connectivity index is 1.55. The van der Waals surface area contributed by atoms with Crippen molar-refractivity contribution < 1.29 is 19.1 Å². The largest absolute Gasteiger partial charge is 0.482 e. The van der Waals surface area contributed by atoms with Gasteiger partial charge in [-0.2, -0.15) is 0 Å². The standard InChI is InChI=1S/C29H32ClN3O4/c30-25-13-7-8-14-26(25)37-22-27(34)33(21-23-9-3-1-4-10-23)28(24-11-5-2-6-12-24)29(35)31-15-16-32-17-19-36-20-18-32/h1-14,28H,15-22H2,(H,31,35). The highest BCUT2D eigenvalue weighted by Gasteiger charge is 2.32. The second kappa shape index (κ2) is 13.8. The van der Waals surface area contributed by atoms with Crippen molar-refractivity contribution in [3.8, 4) is 5.75 Å². The molecule has 2 amide bonds. The molecule has 0 spiro atoms. The van der Waals surface area contributed by atoms with E-state index in [9.17, 15) is 9.59 Å². The maximum atomic E-state index is 13.6. The van der Waals surface area contributed by atoms with Crippen LogP contribution in [0.1, 0.15) is 17.2 Å². The topological polar surface area (TPSA) is 71.1 Å². The number of halogens is 1. The van der Waals surface area contributed by atoms with E-state index in [1.807, 2.05) is 60.7 Å². The lowest BCUT2D eigenvalue weighted by atomic mass is 10.0. The molecule has 3 aromatic rings.